The number of nitro benzene ring substituents is 1. The van der Waals surface area contributed by atoms with Crippen LogP contribution in [-0.2, 0) is 5.75 Å². The van der Waals surface area contributed by atoms with Gasteiger partial charge in [-0.05, 0) is 11.6 Å². The molecule has 19 heavy (non-hydrogen) atoms. The van der Waals surface area contributed by atoms with Gasteiger partial charge in [0.2, 0.25) is 5.89 Å². The summed E-state index contributed by atoms with van der Waals surface area (Å²) < 4.78 is 5.21. The maximum Gasteiger partial charge on any atom is 0.276 e. The van der Waals surface area contributed by atoms with Gasteiger partial charge >= 0.3 is 0 Å². The molecule has 0 bridgehead atoms. The molecule has 8 nitrogen and oxygen atoms in total. The van der Waals surface area contributed by atoms with Gasteiger partial charge in [-0.15, -0.1) is 10.2 Å². The Bertz CT molecular complexity index is 601. The topological polar surface area (TPSA) is 120 Å². The first kappa shape index (κ1) is 13.3. The van der Waals surface area contributed by atoms with Crippen LogP contribution in [-0.4, -0.2) is 15.1 Å². The van der Waals surface area contributed by atoms with E-state index in [4.69, 9.17) is 10.3 Å². The van der Waals surface area contributed by atoms with Gasteiger partial charge in [0.05, 0.1) is 10.6 Å². The summed E-state index contributed by atoms with van der Waals surface area (Å²) in [5.41, 5.74) is 3.82. The molecule has 1 aromatic heterocycles. The zero-order chi connectivity index (χ0) is 13.8. The third-order valence-electron chi connectivity index (χ3n) is 2.31. The molecule has 0 saturated carbocycles. The van der Waals surface area contributed by atoms with E-state index in [9.17, 15) is 10.1 Å². The third kappa shape index (κ3) is 3.20. The van der Waals surface area contributed by atoms with E-state index >= 15 is 0 Å². The molecule has 0 aliphatic rings. The van der Waals surface area contributed by atoms with Crippen LogP contribution in [0, 0.1) is 17.0 Å². The van der Waals surface area contributed by atoms with Crippen molar-refractivity contribution in [1.29, 1.82) is 0 Å². The molecule has 0 atom stereocenters. The Morgan fingerprint density at radius 3 is 2.89 bits per heavy atom. The number of nitrogens with two attached hydrogens (primary N) is 1. The lowest BCUT2D eigenvalue weighted by Crippen LogP contribution is -2.09. The molecule has 0 amide bonds. The number of thioether (sulfide) groups is 1. The Kier molecular flexibility index (Phi) is 3.97. The summed E-state index contributed by atoms with van der Waals surface area (Å²) in [6.45, 7) is 1.69. The van der Waals surface area contributed by atoms with Gasteiger partial charge in [-0.3, -0.25) is 16.0 Å². The second-order valence-electron chi connectivity index (χ2n) is 3.62. The molecule has 1 heterocycles. The second kappa shape index (κ2) is 5.67. The number of hydrogen-bond acceptors (Lipinski definition) is 8. The molecule has 0 fully saturated rings. The van der Waals surface area contributed by atoms with E-state index in [-0.39, 0.29) is 5.69 Å². The van der Waals surface area contributed by atoms with Crippen LogP contribution >= 0.6 is 11.8 Å². The van der Waals surface area contributed by atoms with E-state index in [1.165, 1.54) is 23.9 Å². The van der Waals surface area contributed by atoms with Gasteiger partial charge in [0, 0.05) is 24.8 Å². The number of non-ortho nitro benzene ring substituents is 1. The number of hydrogen-bond donors (Lipinski definition) is 2. The number of aryl methyl sites for hydroxylation is 1. The summed E-state index contributed by atoms with van der Waals surface area (Å²) in [5.74, 6) is 6.27. The van der Waals surface area contributed by atoms with Crippen molar-refractivity contribution in [2.45, 2.75) is 17.9 Å². The number of aromatic nitrogens is 2. The Labute approximate surface area is 112 Å². The lowest BCUT2D eigenvalue weighted by molar-refractivity contribution is -0.384. The predicted octanol–water partition coefficient (Wildman–Crippen LogP) is 1.86. The van der Waals surface area contributed by atoms with E-state index in [1.54, 1.807) is 13.0 Å². The van der Waals surface area contributed by atoms with Crippen molar-refractivity contribution in [2.75, 3.05) is 5.43 Å². The third-order valence-corrected chi connectivity index (χ3v) is 3.18. The molecule has 1 aromatic carbocycles. The molecule has 9 heteroatoms. The van der Waals surface area contributed by atoms with Gasteiger partial charge in [-0.25, -0.2) is 0 Å². The van der Waals surface area contributed by atoms with Crippen LogP contribution in [0.1, 0.15) is 11.5 Å². The standard InChI is InChI=1S/C10H11N5O3S/c1-6-13-14-10(18-6)19-5-7-4-8(15(16)17)2-3-9(7)12-11/h2-4,12H,5,11H2,1H3. The quantitative estimate of drug-likeness (QED) is 0.369. The molecule has 0 saturated heterocycles. The molecule has 0 radical (unpaired) electrons. The normalized spacial score (nSPS) is 10.4. The zero-order valence-corrected chi connectivity index (χ0v) is 10.8. The van der Waals surface area contributed by atoms with Crippen LogP contribution in [0.2, 0.25) is 0 Å². The SMILES string of the molecule is Cc1nnc(SCc2cc([N+](=O)[O-])ccc2NN)o1. The molecule has 0 aliphatic carbocycles. The highest BCUT2D eigenvalue weighted by Gasteiger charge is 2.12. The van der Waals surface area contributed by atoms with Crippen molar-refractivity contribution in [3.05, 3.63) is 39.8 Å². The second-order valence-corrected chi connectivity index (χ2v) is 4.55. The van der Waals surface area contributed by atoms with Crippen molar-refractivity contribution in [3.63, 3.8) is 0 Å². The number of nitrogens with zero attached hydrogens (tertiary/aromatic N) is 3. The molecule has 0 aliphatic heterocycles. The minimum absolute atomic E-state index is 0.0105. The fraction of sp³-hybridized carbons (Fsp3) is 0.200. The summed E-state index contributed by atoms with van der Waals surface area (Å²) in [7, 11) is 0. The lowest BCUT2D eigenvalue weighted by atomic mass is 10.2. The number of nitrogen functional groups attached to an aromatic ring is 1. The minimum Gasteiger partial charge on any atom is -0.416 e. The number of anilines is 1. The number of nitrogens with one attached hydrogen (secondary N) is 1. The fourth-order valence-corrected chi connectivity index (χ4v) is 2.23. The molecular weight excluding hydrogens is 270 g/mol. The summed E-state index contributed by atoms with van der Waals surface area (Å²) in [6, 6.07) is 4.42. The summed E-state index contributed by atoms with van der Waals surface area (Å²) >= 11 is 1.29. The number of benzene rings is 1. The van der Waals surface area contributed by atoms with Crippen molar-refractivity contribution in [3.8, 4) is 0 Å². The highest BCUT2D eigenvalue weighted by atomic mass is 32.2. The lowest BCUT2D eigenvalue weighted by Gasteiger charge is -2.07. The van der Waals surface area contributed by atoms with Crippen LogP contribution < -0.4 is 11.3 Å². The average Bonchev–Trinajstić information content (AvgIpc) is 2.81. The maximum absolute atomic E-state index is 10.7. The molecule has 2 rings (SSSR count). The van der Waals surface area contributed by atoms with E-state index in [2.05, 4.69) is 15.6 Å². The average molecular weight is 281 g/mol. The van der Waals surface area contributed by atoms with E-state index in [1.807, 2.05) is 0 Å². The summed E-state index contributed by atoms with van der Waals surface area (Å²) in [4.78, 5) is 10.3. The largest absolute Gasteiger partial charge is 0.416 e. The molecule has 100 valence electrons. The van der Waals surface area contributed by atoms with Crippen molar-refractivity contribution < 1.29 is 9.34 Å². The van der Waals surface area contributed by atoms with Crippen molar-refractivity contribution >= 4 is 23.1 Å². The molecule has 0 spiro atoms. The van der Waals surface area contributed by atoms with E-state index < -0.39 is 4.92 Å². The predicted molar refractivity (Wildman–Crippen MR) is 69.5 cm³/mol. The monoisotopic (exact) mass is 281 g/mol. The van der Waals surface area contributed by atoms with Gasteiger partial charge in [0.25, 0.3) is 10.9 Å². The first-order valence-electron chi connectivity index (χ1n) is 5.27. The van der Waals surface area contributed by atoms with Gasteiger partial charge in [-0.1, -0.05) is 11.8 Å². The van der Waals surface area contributed by atoms with Gasteiger partial charge in [0.15, 0.2) is 0 Å². The van der Waals surface area contributed by atoms with Gasteiger partial charge in [-0.2, -0.15) is 0 Å². The molecule has 3 N–H and O–H groups in total. The Balaban J connectivity index is 2.17. The van der Waals surface area contributed by atoms with E-state index in [0.717, 1.165) is 0 Å². The fourth-order valence-electron chi connectivity index (χ4n) is 1.43. The molecule has 2 aromatic rings. The van der Waals surface area contributed by atoms with E-state index in [0.29, 0.717) is 28.1 Å². The maximum atomic E-state index is 10.7. The summed E-state index contributed by atoms with van der Waals surface area (Å²) in [5, 5.41) is 18.7. The molecular formula is C10H11N5O3S. The Hall–Kier alpha value is -2.13. The first-order chi connectivity index (χ1) is 9.10. The number of nitro groups is 1. The number of rotatable bonds is 5. The van der Waals surface area contributed by atoms with Crippen molar-refractivity contribution in [1.82, 2.24) is 10.2 Å². The van der Waals surface area contributed by atoms with Crippen LogP contribution in [0.15, 0.2) is 27.8 Å². The van der Waals surface area contributed by atoms with Crippen LogP contribution in [0.3, 0.4) is 0 Å². The van der Waals surface area contributed by atoms with Crippen molar-refractivity contribution in [2.24, 2.45) is 5.84 Å². The van der Waals surface area contributed by atoms with Crippen LogP contribution in [0.25, 0.3) is 0 Å². The smallest absolute Gasteiger partial charge is 0.276 e. The zero-order valence-electron chi connectivity index (χ0n) is 9.99. The highest BCUT2D eigenvalue weighted by molar-refractivity contribution is 7.98. The van der Waals surface area contributed by atoms with Gasteiger partial charge < -0.3 is 9.84 Å². The van der Waals surface area contributed by atoms with Gasteiger partial charge in [0.1, 0.15) is 0 Å². The first-order valence-corrected chi connectivity index (χ1v) is 6.25. The highest BCUT2D eigenvalue weighted by Crippen LogP contribution is 2.28. The Morgan fingerprint density at radius 2 is 2.32 bits per heavy atom. The summed E-state index contributed by atoms with van der Waals surface area (Å²) in [6.07, 6.45) is 0. The van der Waals surface area contributed by atoms with Crippen LogP contribution in [0.4, 0.5) is 11.4 Å². The molecule has 0 unspecified atom stereocenters. The Morgan fingerprint density at radius 1 is 1.53 bits per heavy atom. The van der Waals surface area contributed by atoms with Crippen LogP contribution in [0.5, 0.6) is 0 Å². The minimum atomic E-state index is -0.453. The number of hydrazine groups is 1.